The van der Waals surface area contributed by atoms with Gasteiger partial charge in [-0.3, -0.25) is 0 Å². The first-order valence-electron chi connectivity index (χ1n) is 7.90. The molecule has 25 heavy (non-hydrogen) atoms. The minimum Gasteiger partial charge on any atom is -0.496 e. The van der Waals surface area contributed by atoms with Gasteiger partial charge in [0.1, 0.15) is 5.75 Å². The first-order valence-corrected chi connectivity index (χ1v) is 7.90. The fourth-order valence-corrected chi connectivity index (χ4v) is 2.22. The van der Waals surface area contributed by atoms with Gasteiger partial charge in [0.2, 0.25) is 0 Å². The molecule has 0 bridgehead atoms. The zero-order valence-electron chi connectivity index (χ0n) is 14.5. The maximum atomic E-state index is 8.83. The van der Waals surface area contributed by atoms with Gasteiger partial charge in [-0.2, -0.15) is 5.26 Å². The summed E-state index contributed by atoms with van der Waals surface area (Å²) in [7, 11) is 1.67. The number of hydrogen-bond donors (Lipinski definition) is 2. The van der Waals surface area contributed by atoms with Crippen molar-refractivity contribution < 1.29 is 4.74 Å². The number of para-hydroxylation sites is 1. The Morgan fingerprint density at radius 3 is 2.48 bits per heavy atom. The second-order valence-corrected chi connectivity index (χ2v) is 5.17. The average Bonchev–Trinajstić information content (AvgIpc) is 2.64. The van der Waals surface area contributed by atoms with E-state index in [4.69, 9.17) is 10.00 Å². The monoisotopic (exact) mass is 450 g/mol. The molecule has 2 aromatic carbocycles. The van der Waals surface area contributed by atoms with E-state index in [9.17, 15) is 0 Å². The van der Waals surface area contributed by atoms with E-state index in [1.54, 1.807) is 19.2 Å². The lowest BCUT2D eigenvalue weighted by molar-refractivity contribution is 0.409. The van der Waals surface area contributed by atoms with Crippen LogP contribution in [0, 0.1) is 11.3 Å². The van der Waals surface area contributed by atoms with E-state index in [1.165, 1.54) is 0 Å². The summed E-state index contributed by atoms with van der Waals surface area (Å²) >= 11 is 0. The van der Waals surface area contributed by atoms with Crippen molar-refractivity contribution in [2.75, 3.05) is 13.7 Å². The highest BCUT2D eigenvalue weighted by Gasteiger charge is 2.03. The number of methoxy groups -OCH3 is 1. The number of guanidine groups is 1. The molecule has 0 saturated carbocycles. The van der Waals surface area contributed by atoms with Gasteiger partial charge in [-0.05, 0) is 30.7 Å². The Hall–Kier alpha value is -2.27. The molecule has 132 valence electrons. The molecule has 0 fully saturated rings. The maximum absolute atomic E-state index is 8.83. The Morgan fingerprint density at radius 2 is 1.84 bits per heavy atom. The molecular weight excluding hydrogens is 427 g/mol. The van der Waals surface area contributed by atoms with Crippen LogP contribution < -0.4 is 15.4 Å². The average molecular weight is 450 g/mol. The molecule has 0 amide bonds. The Kier molecular flexibility index (Phi) is 9.40. The predicted molar refractivity (Wildman–Crippen MR) is 111 cm³/mol. The minimum atomic E-state index is 0. The van der Waals surface area contributed by atoms with Gasteiger partial charge in [0.15, 0.2) is 5.96 Å². The Labute approximate surface area is 166 Å². The third kappa shape index (κ3) is 6.63. The lowest BCUT2D eigenvalue weighted by Gasteiger charge is -2.13. The summed E-state index contributed by atoms with van der Waals surface area (Å²) in [5.74, 6) is 1.60. The number of rotatable bonds is 6. The smallest absolute Gasteiger partial charge is 0.191 e. The summed E-state index contributed by atoms with van der Waals surface area (Å²) in [6, 6.07) is 17.5. The molecule has 2 aromatic rings. The van der Waals surface area contributed by atoms with E-state index in [2.05, 4.69) is 21.7 Å². The van der Waals surface area contributed by atoms with Gasteiger partial charge in [-0.1, -0.05) is 30.3 Å². The standard InChI is InChI=1S/C19H22N4O.HI/c1-3-21-19(22-13-16-10-8-15(12-20)9-11-16)23-14-17-6-4-5-7-18(17)24-2;/h4-11H,3,13-14H2,1-2H3,(H2,21,22,23);1H. The first kappa shape index (κ1) is 20.8. The van der Waals surface area contributed by atoms with E-state index < -0.39 is 0 Å². The molecule has 0 heterocycles. The van der Waals surface area contributed by atoms with Crippen molar-refractivity contribution in [1.82, 2.24) is 10.6 Å². The van der Waals surface area contributed by atoms with Crippen LogP contribution in [0.25, 0.3) is 0 Å². The number of benzene rings is 2. The summed E-state index contributed by atoms with van der Waals surface area (Å²) < 4.78 is 5.36. The molecule has 0 aliphatic heterocycles. The first-order chi connectivity index (χ1) is 11.8. The van der Waals surface area contributed by atoms with Gasteiger partial charge in [0, 0.05) is 18.7 Å². The third-order valence-electron chi connectivity index (χ3n) is 3.49. The van der Waals surface area contributed by atoms with Crippen molar-refractivity contribution in [2.45, 2.75) is 20.0 Å². The Bertz CT molecular complexity index is 723. The highest BCUT2D eigenvalue weighted by Crippen LogP contribution is 2.16. The molecule has 0 aliphatic carbocycles. The molecular formula is C19H23IN4O. The summed E-state index contributed by atoms with van der Waals surface area (Å²) in [6.45, 7) is 3.99. The van der Waals surface area contributed by atoms with Crippen LogP contribution in [-0.4, -0.2) is 19.6 Å². The second-order valence-electron chi connectivity index (χ2n) is 5.17. The zero-order chi connectivity index (χ0) is 17.2. The van der Waals surface area contributed by atoms with Crippen molar-refractivity contribution in [1.29, 1.82) is 5.26 Å². The van der Waals surface area contributed by atoms with Gasteiger partial charge in [0.05, 0.1) is 25.3 Å². The van der Waals surface area contributed by atoms with E-state index in [-0.39, 0.29) is 24.0 Å². The molecule has 2 rings (SSSR count). The quantitative estimate of drug-likeness (QED) is 0.402. The Morgan fingerprint density at radius 1 is 1.12 bits per heavy atom. The van der Waals surface area contributed by atoms with Crippen molar-refractivity contribution in [3.05, 3.63) is 65.2 Å². The number of aliphatic imine (C=N–C) groups is 1. The van der Waals surface area contributed by atoms with Crippen LogP contribution in [0.3, 0.4) is 0 Å². The largest absolute Gasteiger partial charge is 0.496 e. The summed E-state index contributed by atoms with van der Waals surface area (Å²) in [4.78, 5) is 4.58. The highest BCUT2D eigenvalue weighted by atomic mass is 127. The van der Waals surface area contributed by atoms with E-state index in [0.717, 1.165) is 29.4 Å². The third-order valence-corrected chi connectivity index (χ3v) is 3.49. The molecule has 5 nitrogen and oxygen atoms in total. The van der Waals surface area contributed by atoms with Crippen LogP contribution in [0.15, 0.2) is 53.5 Å². The van der Waals surface area contributed by atoms with Crippen LogP contribution in [0.5, 0.6) is 5.75 Å². The fraction of sp³-hybridized carbons (Fsp3) is 0.263. The van der Waals surface area contributed by atoms with Crippen LogP contribution in [0.2, 0.25) is 0 Å². The molecule has 0 aliphatic rings. The Balaban J connectivity index is 0.00000312. The molecule has 0 unspecified atom stereocenters. The van der Waals surface area contributed by atoms with E-state index in [0.29, 0.717) is 18.7 Å². The highest BCUT2D eigenvalue weighted by molar-refractivity contribution is 14.0. The molecule has 0 saturated heterocycles. The number of nitrogens with zero attached hydrogens (tertiary/aromatic N) is 2. The molecule has 0 aromatic heterocycles. The topological polar surface area (TPSA) is 69.4 Å². The van der Waals surface area contributed by atoms with Gasteiger partial charge < -0.3 is 15.4 Å². The van der Waals surface area contributed by atoms with Gasteiger partial charge in [0.25, 0.3) is 0 Å². The predicted octanol–water partition coefficient (Wildman–Crippen LogP) is 3.44. The molecule has 0 radical (unpaired) electrons. The van der Waals surface area contributed by atoms with Gasteiger partial charge in [-0.15, -0.1) is 24.0 Å². The van der Waals surface area contributed by atoms with Crippen molar-refractivity contribution >= 4 is 29.9 Å². The molecule has 0 spiro atoms. The number of nitrogens with one attached hydrogen (secondary N) is 2. The summed E-state index contributed by atoms with van der Waals surface area (Å²) in [6.07, 6.45) is 0. The second kappa shape index (κ2) is 11.3. The van der Waals surface area contributed by atoms with Gasteiger partial charge >= 0.3 is 0 Å². The molecule has 0 atom stereocenters. The van der Waals surface area contributed by atoms with Crippen molar-refractivity contribution in [3.63, 3.8) is 0 Å². The summed E-state index contributed by atoms with van der Waals surface area (Å²) in [5, 5.41) is 15.4. The zero-order valence-corrected chi connectivity index (χ0v) is 16.8. The lowest BCUT2D eigenvalue weighted by atomic mass is 10.1. The van der Waals surface area contributed by atoms with E-state index in [1.807, 2.05) is 43.3 Å². The summed E-state index contributed by atoms with van der Waals surface area (Å²) in [5.41, 5.74) is 2.79. The maximum Gasteiger partial charge on any atom is 0.191 e. The van der Waals surface area contributed by atoms with Crippen molar-refractivity contribution in [2.24, 2.45) is 4.99 Å². The molecule has 6 heteroatoms. The number of nitriles is 1. The number of ether oxygens (including phenoxy) is 1. The normalized spacial score (nSPS) is 10.4. The minimum absolute atomic E-state index is 0. The van der Waals surface area contributed by atoms with Crippen LogP contribution in [0.1, 0.15) is 23.6 Å². The van der Waals surface area contributed by atoms with Crippen LogP contribution in [-0.2, 0) is 13.1 Å². The van der Waals surface area contributed by atoms with Crippen molar-refractivity contribution in [3.8, 4) is 11.8 Å². The molecule has 2 N–H and O–H groups in total. The number of hydrogen-bond acceptors (Lipinski definition) is 3. The van der Waals surface area contributed by atoms with Crippen LogP contribution in [0.4, 0.5) is 0 Å². The van der Waals surface area contributed by atoms with Crippen LogP contribution >= 0.6 is 24.0 Å². The van der Waals surface area contributed by atoms with Gasteiger partial charge in [-0.25, -0.2) is 4.99 Å². The lowest BCUT2D eigenvalue weighted by Crippen LogP contribution is -2.36. The SMILES string of the molecule is CCNC(=NCc1ccc(C#N)cc1)NCc1ccccc1OC.I. The van der Waals surface area contributed by atoms with E-state index >= 15 is 0 Å². The fourth-order valence-electron chi connectivity index (χ4n) is 2.22. The number of halogens is 1.